The maximum atomic E-state index is 12.3. The summed E-state index contributed by atoms with van der Waals surface area (Å²) >= 11 is 5.87. The van der Waals surface area contributed by atoms with Crippen LogP contribution >= 0.6 is 11.6 Å². The Hall–Kier alpha value is -3.00. The number of rotatable bonds is 2. The molecule has 2 aromatic heterocycles. The zero-order chi connectivity index (χ0) is 16.6. The molecule has 9 heteroatoms. The van der Waals surface area contributed by atoms with Crippen molar-refractivity contribution in [2.24, 2.45) is 7.05 Å². The quantitative estimate of drug-likeness (QED) is 0.738. The van der Waals surface area contributed by atoms with E-state index in [1.54, 1.807) is 12.1 Å². The fourth-order valence-electron chi connectivity index (χ4n) is 1.96. The maximum absolute atomic E-state index is 12.3. The zero-order valence-electron chi connectivity index (χ0n) is 11.9. The van der Waals surface area contributed by atoms with Crippen LogP contribution in [0.3, 0.4) is 0 Å². The molecule has 1 amide bonds. The van der Waals surface area contributed by atoms with E-state index < -0.39 is 11.5 Å². The predicted octanol–water partition coefficient (Wildman–Crippen LogP) is 0.527. The number of benzene rings is 1. The molecular formula is C14H10ClN5O3. The summed E-state index contributed by atoms with van der Waals surface area (Å²) in [6, 6.07) is 7.18. The van der Waals surface area contributed by atoms with E-state index in [1.165, 1.54) is 31.6 Å². The largest absolute Gasteiger partial charge is 0.290 e. The Bertz CT molecular complexity index is 1040. The third kappa shape index (κ3) is 2.84. The summed E-state index contributed by atoms with van der Waals surface area (Å²) in [5, 5.41) is 4.47. The average molecular weight is 332 g/mol. The summed E-state index contributed by atoms with van der Waals surface area (Å²) in [5.41, 5.74) is 2.00. The summed E-state index contributed by atoms with van der Waals surface area (Å²) in [5.74, 6) is -0.647. The van der Waals surface area contributed by atoms with Crippen molar-refractivity contribution in [1.29, 1.82) is 0 Å². The molecule has 8 nitrogen and oxygen atoms in total. The van der Waals surface area contributed by atoms with Crippen LogP contribution in [0.25, 0.3) is 10.9 Å². The highest BCUT2D eigenvalue weighted by Crippen LogP contribution is 2.13. The monoisotopic (exact) mass is 331 g/mol. The van der Waals surface area contributed by atoms with Gasteiger partial charge in [-0.15, -0.1) is 0 Å². The van der Waals surface area contributed by atoms with Gasteiger partial charge in [0.1, 0.15) is 6.33 Å². The van der Waals surface area contributed by atoms with Crippen molar-refractivity contribution in [1.82, 2.24) is 19.4 Å². The van der Waals surface area contributed by atoms with Crippen molar-refractivity contribution < 1.29 is 4.79 Å². The van der Waals surface area contributed by atoms with Gasteiger partial charge in [-0.05, 0) is 24.3 Å². The first-order valence-corrected chi connectivity index (χ1v) is 6.86. The highest BCUT2D eigenvalue weighted by Gasteiger charge is 2.11. The van der Waals surface area contributed by atoms with Gasteiger partial charge in [0.25, 0.3) is 17.0 Å². The van der Waals surface area contributed by atoms with Gasteiger partial charge in [-0.3, -0.25) is 19.8 Å². The van der Waals surface area contributed by atoms with E-state index in [-0.39, 0.29) is 16.6 Å². The van der Waals surface area contributed by atoms with Crippen LogP contribution in [0.5, 0.6) is 0 Å². The van der Waals surface area contributed by atoms with E-state index >= 15 is 0 Å². The number of fused-ring (bicyclic) bond motifs is 1. The molecule has 3 rings (SSSR count). The molecule has 0 aliphatic heterocycles. The van der Waals surface area contributed by atoms with Gasteiger partial charge in [0.05, 0.1) is 10.9 Å². The number of halogens is 1. The first-order valence-electron chi connectivity index (χ1n) is 6.48. The lowest BCUT2D eigenvalue weighted by Crippen LogP contribution is -2.34. The van der Waals surface area contributed by atoms with Gasteiger partial charge >= 0.3 is 0 Å². The first-order chi connectivity index (χ1) is 11.0. The lowest BCUT2D eigenvalue weighted by atomic mass is 10.2. The SMILES string of the molecule is Cn1nc(C(=O)Nn2cnc3ccc(Cl)cc3c2=O)ccc1=O. The number of aryl methyl sites for hydroxylation is 1. The summed E-state index contributed by atoms with van der Waals surface area (Å²) in [4.78, 5) is 39.8. The standard InChI is InChI=1S/C14H10ClN5O3/c1-19-12(21)5-4-11(17-19)13(22)18-20-7-16-10-3-2-8(15)6-9(10)14(20)23/h2-7H,1H3,(H,18,22). The van der Waals surface area contributed by atoms with E-state index in [9.17, 15) is 14.4 Å². The summed E-state index contributed by atoms with van der Waals surface area (Å²) < 4.78 is 1.96. The molecule has 3 aromatic rings. The molecular weight excluding hydrogens is 322 g/mol. The zero-order valence-corrected chi connectivity index (χ0v) is 12.6. The van der Waals surface area contributed by atoms with Crippen LogP contribution in [0.2, 0.25) is 5.02 Å². The molecule has 1 N–H and O–H groups in total. The first kappa shape index (κ1) is 14.9. The van der Waals surface area contributed by atoms with Gasteiger partial charge in [0, 0.05) is 18.1 Å². The van der Waals surface area contributed by atoms with Crippen molar-refractivity contribution in [2.45, 2.75) is 0 Å². The van der Waals surface area contributed by atoms with Crippen LogP contribution in [0, 0.1) is 0 Å². The van der Waals surface area contributed by atoms with Crippen LogP contribution in [-0.4, -0.2) is 25.3 Å². The molecule has 0 fully saturated rings. The minimum atomic E-state index is -0.647. The molecule has 0 spiro atoms. The van der Waals surface area contributed by atoms with Crippen LogP contribution in [0.1, 0.15) is 10.5 Å². The molecule has 23 heavy (non-hydrogen) atoms. The molecule has 0 aliphatic rings. The number of hydrogen-bond donors (Lipinski definition) is 1. The van der Waals surface area contributed by atoms with Crippen molar-refractivity contribution >= 4 is 28.4 Å². The van der Waals surface area contributed by atoms with Crippen molar-refractivity contribution in [3.05, 3.63) is 68.1 Å². The topological polar surface area (TPSA) is 98.9 Å². The second-order valence-corrected chi connectivity index (χ2v) is 5.14. The highest BCUT2D eigenvalue weighted by molar-refractivity contribution is 6.31. The molecule has 0 aliphatic carbocycles. The van der Waals surface area contributed by atoms with Gasteiger partial charge in [-0.25, -0.2) is 14.3 Å². The number of carbonyl (C=O) groups excluding carboxylic acids is 1. The number of amides is 1. The van der Waals surface area contributed by atoms with E-state index in [0.717, 1.165) is 9.36 Å². The summed E-state index contributed by atoms with van der Waals surface area (Å²) in [7, 11) is 1.42. The van der Waals surface area contributed by atoms with Gasteiger partial charge in [-0.1, -0.05) is 11.6 Å². The fraction of sp³-hybridized carbons (Fsp3) is 0.0714. The lowest BCUT2D eigenvalue weighted by Gasteiger charge is -2.08. The Morgan fingerprint density at radius 3 is 2.74 bits per heavy atom. The normalized spacial score (nSPS) is 10.7. The number of aromatic nitrogens is 4. The molecule has 0 saturated heterocycles. The number of carbonyl (C=O) groups is 1. The number of nitrogens with zero attached hydrogens (tertiary/aromatic N) is 4. The predicted molar refractivity (Wildman–Crippen MR) is 84.2 cm³/mol. The van der Waals surface area contributed by atoms with Gasteiger partial charge in [-0.2, -0.15) is 5.10 Å². The average Bonchev–Trinajstić information content (AvgIpc) is 2.53. The lowest BCUT2D eigenvalue weighted by molar-refractivity contribution is 0.1000. The summed E-state index contributed by atoms with van der Waals surface area (Å²) in [6.07, 6.45) is 1.19. The van der Waals surface area contributed by atoms with Crippen molar-refractivity contribution in [2.75, 3.05) is 5.43 Å². The Balaban J connectivity index is 1.99. The fourth-order valence-corrected chi connectivity index (χ4v) is 2.14. The van der Waals surface area contributed by atoms with Gasteiger partial charge < -0.3 is 0 Å². The minimum Gasteiger partial charge on any atom is -0.268 e. The number of nitrogens with one attached hydrogen (secondary N) is 1. The molecule has 0 bridgehead atoms. The molecule has 1 aromatic carbocycles. The van der Waals surface area contributed by atoms with Crippen LogP contribution < -0.4 is 16.5 Å². The van der Waals surface area contributed by atoms with E-state index in [0.29, 0.717) is 10.5 Å². The molecule has 2 heterocycles. The second kappa shape index (κ2) is 5.65. The van der Waals surface area contributed by atoms with Crippen molar-refractivity contribution in [3.8, 4) is 0 Å². The van der Waals surface area contributed by atoms with Crippen LogP contribution in [0.15, 0.2) is 46.2 Å². The molecule has 0 unspecified atom stereocenters. The van der Waals surface area contributed by atoms with E-state index in [4.69, 9.17) is 11.6 Å². The van der Waals surface area contributed by atoms with Crippen molar-refractivity contribution in [3.63, 3.8) is 0 Å². The van der Waals surface area contributed by atoms with E-state index in [1.807, 2.05) is 0 Å². The molecule has 0 saturated carbocycles. The minimum absolute atomic E-state index is 0.00908. The third-order valence-corrected chi connectivity index (χ3v) is 3.37. The smallest absolute Gasteiger partial charge is 0.268 e. The van der Waals surface area contributed by atoms with E-state index in [2.05, 4.69) is 15.5 Å². The Labute approximate surface area is 133 Å². The molecule has 0 radical (unpaired) electrons. The van der Waals surface area contributed by atoms with Gasteiger partial charge in [0.15, 0.2) is 5.69 Å². The van der Waals surface area contributed by atoms with Crippen LogP contribution in [-0.2, 0) is 7.05 Å². The Morgan fingerprint density at radius 1 is 1.22 bits per heavy atom. The summed E-state index contributed by atoms with van der Waals surface area (Å²) in [6.45, 7) is 0. The van der Waals surface area contributed by atoms with Gasteiger partial charge in [0.2, 0.25) is 0 Å². The second-order valence-electron chi connectivity index (χ2n) is 4.70. The Kier molecular flexibility index (Phi) is 3.67. The molecule has 116 valence electrons. The van der Waals surface area contributed by atoms with Crippen LogP contribution in [0.4, 0.5) is 0 Å². The Morgan fingerprint density at radius 2 is 2.00 bits per heavy atom. The third-order valence-electron chi connectivity index (χ3n) is 3.14. The highest BCUT2D eigenvalue weighted by atomic mass is 35.5. The maximum Gasteiger partial charge on any atom is 0.290 e. The molecule has 0 atom stereocenters. The number of hydrogen-bond acceptors (Lipinski definition) is 5.